The smallest absolute Gasteiger partial charge is 0.164 e. The number of hydrogen-bond acceptors (Lipinski definition) is 3. The summed E-state index contributed by atoms with van der Waals surface area (Å²) in [6.07, 6.45) is 0. The van der Waals surface area contributed by atoms with Crippen molar-refractivity contribution in [2.24, 2.45) is 0 Å². The van der Waals surface area contributed by atoms with Gasteiger partial charge in [0, 0.05) is 33.0 Å². The first kappa shape index (κ1) is 34.3. The average molecular weight is 753 g/mol. The van der Waals surface area contributed by atoms with Crippen molar-refractivity contribution in [2.45, 2.75) is 0 Å². The van der Waals surface area contributed by atoms with Crippen LogP contribution in [0, 0.1) is 0 Å². The van der Waals surface area contributed by atoms with Gasteiger partial charge in [-0.3, -0.25) is 0 Å². The molecule has 11 rings (SSSR count). The third kappa shape index (κ3) is 6.15. The van der Waals surface area contributed by atoms with Crippen LogP contribution in [0.4, 0.5) is 0 Å². The predicted octanol–water partition coefficient (Wildman–Crippen LogP) is 14.1. The topological polar surface area (TPSA) is 43.6 Å². The van der Waals surface area contributed by atoms with Crippen LogP contribution in [0.1, 0.15) is 0 Å². The molecule has 0 aliphatic carbocycles. The van der Waals surface area contributed by atoms with Gasteiger partial charge in [0.1, 0.15) is 0 Å². The molecule has 2 aromatic heterocycles. The average Bonchev–Trinajstić information content (AvgIpc) is 3.66. The zero-order valence-electron chi connectivity index (χ0n) is 32.1. The zero-order valence-corrected chi connectivity index (χ0v) is 32.1. The Balaban J connectivity index is 1.16. The molecule has 0 atom stereocenters. The Kier molecular flexibility index (Phi) is 8.45. The van der Waals surface area contributed by atoms with Gasteiger partial charge in [-0.2, -0.15) is 0 Å². The molecule has 0 radical (unpaired) electrons. The van der Waals surface area contributed by atoms with Crippen molar-refractivity contribution < 1.29 is 0 Å². The van der Waals surface area contributed by atoms with Gasteiger partial charge in [-0.25, -0.2) is 15.0 Å². The molecule has 0 N–H and O–H groups in total. The maximum absolute atomic E-state index is 5.32. The number of benzene rings is 9. The van der Waals surface area contributed by atoms with E-state index in [1.54, 1.807) is 0 Å². The number of hydrogen-bond donors (Lipinski definition) is 0. The molecule has 0 aliphatic rings. The summed E-state index contributed by atoms with van der Waals surface area (Å²) in [5.74, 6) is 1.86. The molecule has 0 fully saturated rings. The van der Waals surface area contributed by atoms with E-state index >= 15 is 0 Å². The van der Waals surface area contributed by atoms with Crippen LogP contribution in [0.2, 0.25) is 0 Å². The molecule has 59 heavy (non-hydrogen) atoms. The molecular formula is C55H36N4. The second-order valence-corrected chi connectivity index (χ2v) is 14.8. The Labute approximate surface area is 342 Å². The molecule has 0 unspecified atom stereocenters. The summed E-state index contributed by atoms with van der Waals surface area (Å²) in [5, 5.41) is 4.65. The van der Waals surface area contributed by atoms with Gasteiger partial charge in [0.2, 0.25) is 0 Å². The lowest BCUT2D eigenvalue weighted by Crippen LogP contribution is -2.02. The summed E-state index contributed by atoms with van der Waals surface area (Å²) >= 11 is 0. The van der Waals surface area contributed by atoms with Crippen molar-refractivity contribution in [3.8, 4) is 73.2 Å². The molecule has 11 aromatic rings. The Hall–Kier alpha value is -7.95. The van der Waals surface area contributed by atoms with Crippen LogP contribution in [-0.4, -0.2) is 19.5 Å². The fraction of sp³-hybridized carbons (Fsp3) is 0. The van der Waals surface area contributed by atoms with Gasteiger partial charge >= 0.3 is 0 Å². The van der Waals surface area contributed by atoms with Crippen LogP contribution in [-0.2, 0) is 0 Å². The summed E-state index contributed by atoms with van der Waals surface area (Å²) < 4.78 is 2.40. The van der Waals surface area contributed by atoms with Gasteiger partial charge in [-0.1, -0.05) is 188 Å². The molecule has 4 nitrogen and oxygen atoms in total. The highest BCUT2D eigenvalue weighted by molar-refractivity contribution is 6.10. The SMILES string of the molecule is c1ccc(-c2cccc(-c3ccc(-c4nc(-c5ccccc5)nc(-c5ccc(-c6ccccc6)c6ccccc56)n4)cc3-n3c4ccccc4c4ccccc43)c2)cc1. The lowest BCUT2D eigenvalue weighted by molar-refractivity contribution is 1.07. The molecule has 0 saturated heterocycles. The van der Waals surface area contributed by atoms with E-state index in [0.717, 1.165) is 55.3 Å². The molecule has 4 heteroatoms. The minimum atomic E-state index is 0.608. The van der Waals surface area contributed by atoms with Gasteiger partial charge in [-0.15, -0.1) is 0 Å². The second-order valence-electron chi connectivity index (χ2n) is 14.8. The third-order valence-corrected chi connectivity index (χ3v) is 11.3. The maximum atomic E-state index is 5.32. The predicted molar refractivity (Wildman–Crippen MR) is 244 cm³/mol. The molecule has 0 saturated carbocycles. The minimum Gasteiger partial charge on any atom is -0.309 e. The highest BCUT2D eigenvalue weighted by atomic mass is 15.0. The van der Waals surface area contributed by atoms with Gasteiger partial charge in [0.05, 0.1) is 16.7 Å². The van der Waals surface area contributed by atoms with Crippen molar-refractivity contribution in [2.75, 3.05) is 0 Å². The standard InChI is InChI=1S/C55H36N4/c1-4-17-37(18-5-1)40-23-16-24-41(35-40)44-32-31-42(36-52(44)59-50-29-14-12-27-47(50)48-28-13-15-30-51(48)59)54-56-53(39-21-8-3-9-22-39)57-55(58-54)49-34-33-43(38-19-6-2-7-20-38)45-25-10-11-26-46(45)49/h1-36H. The van der Waals surface area contributed by atoms with Gasteiger partial charge in [0.15, 0.2) is 17.5 Å². The molecule has 2 heterocycles. The Morgan fingerprint density at radius 2 is 0.712 bits per heavy atom. The number of fused-ring (bicyclic) bond motifs is 4. The third-order valence-electron chi connectivity index (χ3n) is 11.3. The first-order valence-corrected chi connectivity index (χ1v) is 19.9. The van der Waals surface area contributed by atoms with E-state index in [9.17, 15) is 0 Å². The molecule has 0 spiro atoms. The van der Waals surface area contributed by atoms with Gasteiger partial charge in [-0.05, 0) is 68.9 Å². The van der Waals surface area contributed by atoms with Gasteiger partial charge < -0.3 is 4.57 Å². The van der Waals surface area contributed by atoms with E-state index in [-0.39, 0.29) is 0 Å². The van der Waals surface area contributed by atoms with E-state index in [1.165, 1.54) is 33.0 Å². The zero-order chi connectivity index (χ0) is 39.1. The molecule has 0 bridgehead atoms. The van der Waals surface area contributed by atoms with Crippen LogP contribution < -0.4 is 0 Å². The molecule has 9 aromatic carbocycles. The van der Waals surface area contributed by atoms with Crippen LogP contribution in [0.3, 0.4) is 0 Å². The van der Waals surface area contributed by atoms with E-state index in [1.807, 2.05) is 18.2 Å². The summed E-state index contributed by atoms with van der Waals surface area (Å²) in [6.45, 7) is 0. The number of para-hydroxylation sites is 2. The number of aromatic nitrogens is 4. The lowest BCUT2D eigenvalue weighted by Gasteiger charge is -2.17. The second kappa shape index (κ2) is 14.5. The Morgan fingerprint density at radius 1 is 0.254 bits per heavy atom. The summed E-state index contributed by atoms with van der Waals surface area (Å²) in [5.41, 5.74) is 13.0. The lowest BCUT2D eigenvalue weighted by atomic mass is 9.94. The Morgan fingerprint density at radius 3 is 1.37 bits per heavy atom. The molecule has 0 aliphatic heterocycles. The van der Waals surface area contributed by atoms with E-state index in [0.29, 0.717) is 17.5 Å². The summed E-state index contributed by atoms with van der Waals surface area (Å²) in [6, 6.07) is 77.0. The summed E-state index contributed by atoms with van der Waals surface area (Å²) in [7, 11) is 0. The monoisotopic (exact) mass is 752 g/mol. The largest absolute Gasteiger partial charge is 0.309 e. The highest BCUT2D eigenvalue weighted by Crippen LogP contribution is 2.40. The van der Waals surface area contributed by atoms with E-state index in [2.05, 4.69) is 205 Å². The fourth-order valence-electron chi connectivity index (χ4n) is 8.48. The fourth-order valence-corrected chi connectivity index (χ4v) is 8.48. The quantitative estimate of drug-likeness (QED) is 0.163. The van der Waals surface area contributed by atoms with Gasteiger partial charge in [0.25, 0.3) is 0 Å². The molecular weight excluding hydrogens is 717 g/mol. The van der Waals surface area contributed by atoms with E-state index in [4.69, 9.17) is 15.0 Å². The maximum Gasteiger partial charge on any atom is 0.164 e. The van der Waals surface area contributed by atoms with Crippen LogP contribution in [0.5, 0.6) is 0 Å². The van der Waals surface area contributed by atoms with Crippen molar-refractivity contribution >= 4 is 32.6 Å². The van der Waals surface area contributed by atoms with Crippen LogP contribution >= 0.6 is 0 Å². The minimum absolute atomic E-state index is 0.608. The normalized spacial score (nSPS) is 11.4. The first-order chi connectivity index (χ1) is 29.3. The van der Waals surface area contributed by atoms with Crippen molar-refractivity contribution in [3.63, 3.8) is 0 Å². The van der Waals surface area contributed by atoms with Crippen LogP contribution in [0.25, 0.3) is 106 Å². The summed E-state index contributed by atoms with van der Waals surface area (Å²) in [4.78, 5) is 15.7. The van der Waals surface area contributed by atoms with Crippen molar-refractivity contribution in [3.05, 3.63) is 218 Å². The molecule has 276 valence electrons. The van der Waals surface area contributed by atoms with Crippen LogP contribution in [0.15, 0.2) is 218 Å². The Bertz CT molecular complexity index is 3260. The first-order valence-electron chi connectivity index (χ1n) is 19.9. The van der Waals surface area contributed by atoms with E-state index < -0.39 is 0 Å². The van der Waals surface area contributed by atoms with Crippen molar-refractivity contribution in [1.82, 2.24) is 19.5 Å². The number of rotatable bonds is 7. The highest BCUT2D eigenvalue weighted by Gasteiger charge is 2.20. The molecule has 0 amide bonds. The van der Waals surface area contributed by atoms with Crippen molar-refractivity contribution in [1.29, 1.82) is 0 Å². The number of nitrogens with zero attached hydrogens (tertiary/aromatic N) is 4.